The molecule has 0 spiro atoms. The zero-order valence-electron chi connectivity index (χ0n) is 13.2. The van der Waals surface area contributed by atoms with Crippen LogP contribution in [0.1, 0.15) is 31.3 Å². The fourth-order valence-corrected chi connectivity index (χ4v) is 2.60. The van der Waals surface area contributed by atoms with E-state index in [1.807, 2.05) is 19.9 Å². The van der Waals surface area contributed by atoms with Gasteiger partial charge in [0, 0.05) is 45.3 Å². The Morgan fingerprint density at radius 2 is 1.81 bits per heavy atom. The van der Waals surface area contributed by atoms with Crippen LogP contribution in [0.4, 0.5) is 5.82 Å². The number of nitrogens with zero attached hydrogens (tertiary/aromatic N) is 5. The van der Waals surface area contributed by atoms with Crippen LogP contribution in [0.3, 0.4) is 0 Å². The van der Waals surface area contributed by atoms with Gasteiger partial charge in [0.2, 0.25) is 0 Å². The number of carbonyl (C=O) groups is 1. The molecule has 1 aromatic heterocycles. The monoisotopic (exact) mass is 291 g/mol. The highest BCUT2D eigenvalue weighted by Gasteiger charge is 2.19. The first kappa shape index (κ1) is 15.7. The summed E-state index contributed by atoms with van der Waals surface area (Å²) in [6.07, 6.45) is 1.50. The van der Waals surface area contributed by atoms with Crippen molar-refractivity contribution in [1.29, 1.82) is 0 Å². The van der Waals surface area contributed by atoms with Crippen LogP contribution in [0, 0.1) is 0 Å². The Morgan fingerprint density at radius 3 is 2.38 bits per heavy atom. The molecule has 0 aromatic carbocycles. The lowest BCUT2D eigenvalue weighted by Crippen LogP contribution is -2.46. The van der Waals surface area contributed by atoms with E-state index in [4.69, 9.17) is 0 Å². The van der Waals surface area contributed by atoms with Crippen molar-refractivity contribution in [3.8, 4) is 0 Å². The smallest absolute Gasteiger partial charge is 0.272 e. The molecule has 0 N–H and O–H groups in total. The van der Waals surface area contributed by atoms with Crippen molar-refractivity contribution < 1.29 is 4.79 Å². The molecule has 6 nitrogen and oxygen atoms in total. The molecule has 0 aliphatic carbocycles. The maximum Gasteiger partial charge on any atom is 0.272 e. The summed E-state index contributed by atoms with van der Waals surface area (Å²) >= 11 is 0. The molecule has 21 heavy (non-hydrogen) atoms. The van der Waals surface area contributed by atoms with Crippen LogP contribution in [0.2, 0.25) is 0 Å². The molecule has 0 saturated carbocycles. The van der Waals surface area contributed by atoms with E-state index in [1.54, 1.807) is 4.90 Å². The number of piperazine rings is 1. The minimum atomic E-state index is -0.0177. The van der Waals surface area contributed by atoms with Crippen LogP contribution in [0.5, 0.6) is 0 Å². The van der Waals surface area contributed by atoms with Crippen LogP contribution in [0.25, 0.3) is 0 Å². The second kappa shape index (κ2) is 7.36. The Morgan fingerprint density at radius 1 is 1.14 bits per heavy atom. The minimum absolute atomic E-state index is 0.0177. The predicted molar refractivity (Wildman–Crippen MR) is 83.6 cm³/mol. The molecule has 1 amide bonds. The van der Waals surface area contributed by atoms with Crippen LogP contribution < -0.4 is 4.90 Å². The topological polar surface area (TPSA) is 52.6 Å². The maximum absolute atomic E-state index is 12.3. The minimum Gasteiger partial charge on any atom is -0.354 e. The molecule has 6 heteroatoms. The van der Waals surface area contributed by atoms with Gasteiger partial charge < -0.3 is 14.7 Å². The third kappa shape index (κ3) is 3.69. The lowest BCUT2D eigenvalue weighted by molar-refractivity contribution is 0.0767. The Kier molecular flexibility index (Phi) is 5.50. The van der Waals surface area contributed by atoms with Gasteiger partial charge in [0.05, 0.1) is 0 Å². The zero-order chi connectivity index (χ0) is 15.2. The number of carbonyl (C=O) groups excluding carboxylic acids is 1. The number of amides is 1. The number of aromatic nitrogens is 2. The normalized spacial score (nSPS) is 16.0. The van der Waals surface area contributed by atoms with E-state index in [9.17, 15) is 4.79 Å². The molecule has 2 heterocycles. The highest BCUT2D eigenvalue weighted by molar-refractivity contribution is 5.92. The summed E-state index contributed by atoms with van der Waals surface area (Å²) in [7, 11) is 0. The third-order valence-corrected chi connectivity index (χ3v) is 4.07. The molecule has 0 unspecified atom stereocenters. The third-order valence-electron chi connectivity index (χ3n) is 4.07. The van der Waals surface area contributed by atoms with E-state index >= 15 is 0 Å². The first-order chi connectivity index (χ1) is 10.2. The standard InChI is InChI=1S/C15H25N5O/c1-4-18-7-9-20(10-8-18)14-11-13(16-12-17-14)15(21)19(5-2)6-3/h11-12H,4-10H2,1-3H3. The fraction of sp³-hybridized carbons (Fsp3) is 0.667. The molecule has 2 rings (SSSR count). The predicted octanol–water partition coefficient (Wildman–Crippen LogP) is 1.10. The molecule has 1 aromatic rings. The Labute approximate surface area is 126 Å². The molecule has 1 aliphatic rings. The average molecular weight is 291 g/mol. The number of rotatable bonds is 5. The number of hydrogen-bond acceptors (Lipinski definition) is 5. The molecule has 1 saturated heterocycles. The second-order valence-electron chi connectivity index (χ2n) is 5.16. The van der Waals surface area contributed by atoms with Gasteiger partial charge >= 0.3 is 0 Å². The van der Waals surface area contributed by atoms with Gasteiger partial charge in [-0.05, 0) is 20.4 Å². The summed E-state index contributed by atoms with van der Waals surface area (Å²) in [6, 6.07) is 1.82. The lowest BCUT2D eigenvalue weighted by Gasteiger charge is -2.34. The summed E-state index contributed by atoms with van der Waals surface area (Å²) in [5, 5.41) is 0. The number of anilines is 1. The Balaban J connectivity index is 2.09. The van der Waals surface area contributed by atoms with E-state index in [0.29, 0.717) is 18.8 Å². The molecule has 0 bridgehead atoms. The van der Waals surface area contributed by atoms with Gasteiger partial charge in [0.25, 0.3) is 5.91 Å². The van der Waals surface area contributed by atoms with E-state index in [0.717, 1.165) is 38.5 Å². The van der Waals surface area contributed by atoms with Crippen LogP contribution in [0.15, 0.2) is 12.4 Å². The fourth-order valence-electron chi connectivity index (χ4n) is 2.60. The van der Waals surface area contributed by atoms with Crippen LogP contribution in [-0.2, 0) is 0 Å². The summed E-state index contributed by atoms with van der Waals surface area (Å²) in [4.78, 5) is 27.2. The largest absolute Gasteiger partial charge is 0.354 e. The molecule has 1 aliphatic heterocycles. The quantitative estimate of drug-likeness (QED) is 0.813. The van der Waals surface area contributed by atoms with Crippen molar-refractivity contribution in [3.63, 3.8) is 0 Å². The molecule has 0 radical (unpaired) electrons. The maximum atomic E-state index is 12.3. The second-order valence-corrected chi connectivity index (χ2v) is 5.16. The molecule has 1 fully saturated rings. The first-order valence-corrected chi connectivity index (χ1v) is 7.78. The summed E-state index contributed by atoms with van der Waals surface area (Å²) in [5.41, 5.74) is 0.488. The van der Waals surface area contributed by atoms with Gasteiger partial charge in [-0.3, -0.25) is 4.79 Å². The summed E-state index contributed by atoms with van der Waals surface area (Å²) < 4.78 is 0. The molecule has 116 valence electrons. The van der Waals surface area contributed by atoms with Crippen molar-refractivity contribution in [1.82, 2.24) is 19.8 Å². The SMILES string of the molecule is CCN1CCN(c2cc(C(=O)N(CC)CC)ncn2)CC1. The van der Waals surface area contributed by atoms with Crippen molar-refractivity contribution in [2.24, 2.45) is 0 Å². The zero-order valence-corrected chi connectivity index (χ0v) is 13.2. The van der Waals surface area contributed by atoms with Gasteiger partial charge in [0.1, 0.15) is 17.8 Å². The van der Waals surface area contributed by atoms with Crippen LogP contribution in [-0.4, -0.2) is 71.5 Å². The van der Waals surface area contributed by atoms with Gasteiger partial charge in [-0.1, -0.05) is 6.92 Å². The highest BCUT2D eigenvalue weighted by Crippen LogP contribution is 2.14. The first-order valence-electron chi connectivity index (χ1n) is 7.78. The summed E-state index contributed by atoms with van der Waals surface area (Å²) in [6.45, 7) is 12.6. The van der Waals surface area contributed by atoms with Gasteiger partial charge in [-0.15, -0.1) is 0 Å². The van der Waals surface area contributed by atoms with Gasteiger partial charge in [-0.25, -0.2) is 9.97 Å². The average Bonchev–Trinajstić information content (AvgIpc) is 2.56. The molecule has 0 atom stereocenters. The number of hydrogen-bond donors (Lipinski definition) is 0. The van der Waals surface area contributed by atoms with Crippen LogP contribution >= 0.6 is 0 Å². The van der Waals surface area contributed by atoms with Crippen molar-refractivity contribution in [2.75, 3.05) is 50.7 Å². The van der Waals surface area contributed by atoms with Gasteiger partial charge in [-0.2, -0.15) is 0 Å². The molecular weight excluding hydrogens is 266 g/mol. The number of likely N-dealkylation sites (N-methyl/N-ethyl adjacent to an activating group) is 1. The highest BCUT2D eigenvalue weighted by atomic mass is 16.2. The van der Waals surface area contributed by atoms with E-state index in [2.05, 4.69) is 26.7 Å². The summed E-state index contributed by atoms with van der Waals surface area (Å²) in [5.74, 6) is 0.840. The van der Waals surface area contributed by atoms with Gasteiger partial charge in [0.15, 0.2) is 0 Å². The van der Waals surface area contributed by atoms with Crippen molar-refractivity contribution in [3.05, 3.63) is 18.1 Å². The van der Waals surface area contributed by atoms with Crippen molar-refractivity contribution >= 4 is 11.7 Å². The van der Waals surface area contributed by atoms with Crippen molar-refractivity contribution in [2.45, 2.75) is 20.8 Å². The molecular formula is C15H25N5O. The van der Waals surface area contributed by atoms with E-state index < -0.39 is 0 Å². The Hall–Kier alpha value is -1.69. The van der Waals surface area contributed by atoms with E-state index in [1.165, 1.54) is 6.33 Å². The lowest BCUT2D eigenvalue weighted by atomic mass is 10.2. The Bertz CT molecular complexity index is 467. The van der Waals surface area contributed by atoms with E-state index in [-0.39, 0.29) is 5.91 Å².